The van der Waals surface area contributed by atoms with Gasteiger partial charge in [-0.3, -0.25) is 9.78 Å². The number of aliphatic imine (C=N–C) groups is 1. The molecule has 0 aliphatic rings. The highest BCUT2D eigenvalue weighted by molar-refractivity contribution is 5.76. The number of rotatable bonds is 8. The maximum Gasteiger partial charge on any atom is 0.282 e. The number of nitrogens with two attached hydrogens (primary N) is 1. The first-order valence-corrected chi connectivity index (χ1v) is 8.02. The van der Waals surface area contributed by atoms with Crippen molar-refractivity contribution in [1.82, 2.24) is 10.3 Å². The van der Waals surface area contributed by atoms with Gasteiger partial charge in [-0.1, -0.05) is 6.07 Å². The standard InChI is InChI=1S/C17H28N4O2/c1-17(2,3)23-16(18)21-13-7-10-15(22)20-12-6-9-14-8-4-5-11-19-14/h4-5,8,11H,6-7,9-10,12-13H2,1-3H3,(H2,18,21)(H,20,22). The highest BCUT2D eigenvalue weighted by Crippen LogP contribution is 2.06. The number of amidine groups is 1. The molecular formula is C17H28N4O2. The van der Waals surface area contributed by atoms with Crippen molar-refractivity contribution in [2.24, 2.45) is 10.7 Å². The van der Waals surface area contributed by atoms with E-state index in [1.807, 2.05) is 39.0 Å². The number of hydrogen-bond acceptors (Lipinski definition) is 4. The molecule has 1 rings (SSSR count). The topological polar surface area (TPSA) is 89.6 Å². The SMILES string of the molecule is CC(C)(C)OC(N)=NCCCC(=O)NCCCc1ccccn1. The lowest BCUT2D eigenvalue weighted by Gasteiger charge is -2.19. The number of ether oxygens (including phenoxy) is 1. The molecule has 0 saturated carbocycles. The average Bonchev–Trinajstić information content (AvgIpc) is 2.47. The average molecular weight is 320 g/mol. The minimum atomic E-state index is -0.349. The molecule has 0 unspecified atom stereocenters. The number of pyridine rings is 1. The number of nitrogens with zero attached hydrogens (tertiary/aromatic N) is 2. The Morgan fingerprint density at radius 2 is 2.13 bits per heavy atom. The molecule has 0 aliphatic heterocycles. The largest absolute Gasteiger partial charge is 0.460 e. The molecule has 128 valence electrons. The maximum absolute atomic E-state index is 11.7. The Morgan fingerprint density at radius 3 is 2.78 bits per heavy atom. The first kappa shape index (κ1) is 18.9. The third kappa shape index (κ3) is 10.3. The quantitative estimate of drug-likeness (QED) is 0.436. The summed E-state index contributed by atoms with van der Waals surface area (Å²) in [5, 5.41) is 2.90. The fourth-order valence-corrected chi connectivity index (χ4v) is 1.91. The predicted octanol–water partition coefficient (Wildman–Crippen LogP) is 2.04. The summed E-state index contributed by atoms with van der Waals surface area (Å²) < 4.78 is 5.39. The zero-order valence-corrected chi connectivity index (χ0v) is 14.3. The second-order valence-corrected chi connectivity index (χ2v) is 6.31. The number of carbonyl (C=O) groups excluding carboxylic acids is 1. The monoisotopic (exact) mass is 320 g/mol. The number of carbonyl (C=O) groups is 1. The van der Waals surface area contributed by atoms with Gasteiger partial charge in [0.1, 0.15) is 5.60 Å². The molecule has 0 aliphatic carbocycles. The lowest BCUT2D eigenvalue weighted by Crippen LogP contribution is -2.29. The smallest absolute Gasteiger partial charge is 0.282 e. The van der Waals surface area contributed by atoms with Crippen LogP contribution in [0.5, 0.6) is 0 Å². The molecule has 0 radical (unpaired) electrons. The molecule has 0 aromatic carbocycles. The van der Waals surface area contributed by atoms with E-state index in [-0.39, 0.29) is 17.5 Å². The molecular weight excluding hydrogens is 292 g/mol. The molecule has 0 saturated heterocycles. The van der Waals surface area contributed by atoms with Crippen LogP contribution in [0.1, 0.15) is 45.7 Å². The van der Waals surface area contributed by atoms with Gasteiger partial charge in [0, 0.05) is 31.4 Å². The van der Waals surface area contributed by atoms with Crippen LogP contribution in [-0.2, 0) is 16.0 Å². The fourth-order valence-electron chi connectivity index (χ4n) is 1.91. The number of aryl methyl sites for hydroxylation is 1. The summed E-state index contributed by atoms with van der Waals surface area (Å²) in [5.74, 6) is 0.0385. The van der Waals surface area contributed by atoms with Crippen molar-refractivity contribution in [2.75, 3.05) is 13.1 Å². The van der Waals surface area contributed by atoms with Crippen LogP contribution in [0.25, 0.3) is 0 Å². The second kappa shape index (κ2) is 9.82. The first-order valence-electron chi connectivity index (χ1n) is 8.02. The van der Waals surface area contributed by atoms with Crippen molar-refractivity contribution >= 4 is 11.9 Å². The van der Waals surface area contributed by atoms with Gasteiger partial charge in [0.2, 0.25) is 5.91 Å². The van der Waals surface area contributed by atoms with Gasteiger partial charge in [-0.15, -0.1) is 0 Å². The van der Waals surface area contributed by atoms with Gasteiger partial charge < -0.3 is 15.8 Å². The molecule has 6 nitrogen and oxygen atoms in total. The lowest BCUT2D eigenvalue weighted by molar-refractivity contribution is -0.121. The third-order valence-corrected chi connectivity index (χ3v) is 2.90. The van der Waals surface area contributed by atoms with Crippen molar-refractivity contribution < 1.29 is 9.53 Å². The van der Waals surface area contributed by atoms with Crippen LogP contribution in [0, 0.1) is 0 Å². The van der Waals surface area contributed by atoms with Crippen LogP contribution in [0.15, 0.2) is 29.4 Å². The van der Waals surface area contributed by atoms with Crippen LogP contribution in [0.4, 0.5) is 0 Å². The van der Waals surface area contributed by atoms with Gasteiger partial charge in [-0.25, -0.2) is 4.99 Å². The third-order valence-electron chi connectivity index (χ3n) is 2.90. The van der Waals surface area contributed by atoms with Gasteiger partial charge in [0.25, 0.3) is 6.02 Å². The van der Waals surface area contributed by atoms with Crippen molar-refractivity contribution in [2.45, 2.75) is 52.1 Å². The first-order chi connectivity index (χ1) is 10.9. The molecule has 1 amide bonds. The van der Waals surface area contributed by atoms with Gasteiger partial charge >= 0.3 is 0 Å². The van der Waals surface area contributed by atoms with E-state index in [0.29, 0.717) is 25.9 Å². The minimum Gasteiger partial charge on any atom is -0.460 e. The van der Waals surface area contributed by atoms with E-state index in [1.54, 1.807) is 6.20 Å². The predicted molar refractivity (Wildman–Crippen MR) is 92.1 cm³/mol. The van der Waals surface area contributed by atoms with Crippen molar-refractivity contribution in [3.63, 3.8) is 0 Å². The van der Waals surface area contributed by atoms with Crippen molar-refractivity contribution in [3.05, 3.63) is 30.1 Å². The molecule has 0 spiro atoms. The number of nitrogens with one attached hydrogen (secondary N) is 1. The molecule has 1 aromatic heterocycles. The Balaban J connectivity index is 2.07. The van der Waals surface area contributed by atoms with Gasteiger partial charge in [-0.05, 0) is 52.2 Å². The van der Waals surface area contributed by atoms with Gasteiger partial charge in [-0.2, -0.15) is 0 Å². The van der Waals surface area contributed by atoms with E-state index in [1.165, 1.54) is 0 Å². The summed E-state index contributed by atoms with van der Waals surface area (Å²) in [4.78, 5) is 20.0. The van der Waals surface area contributed by atoms with E-state index < -0.39 is 0 Å². The van der Waals surface area contributed by atoms with Gasteiger partial charge in [0.05, 0.1) is 0 Å². The number of amides is 1. The molecule has 1 aromatic rings. The van der Waals surface area contributed by atoms with E-state index in [0.717, 1.165) is 18.5 Å². The molecule has 0 fully saturated rings. The van der Waals surface area contributed by atoms with Crippen LogP contribution in [0.3, 0.4) is 0 Å². The second-order valence-electron chi connectivity index (χ2n) is 6.31. The Bertz CT molecular complexity index is 495. The minimum absolute atomic E-state index is 0.0385. The lowest BCUT2D eigenvalue weighted by atomic mass is 10.2. The molecule has 0 bridgehead atoms. The van der Waals surface area contributed by atoms with Crippen LogP contribution in [-0.4, -0.2) is 35.6 Å². The van der Waals surface area contributed by atoms with Crippen molar-refractivity contribution in [3.8, 4) is 0 Å². The fraction of sp³-hybridized carbons (Fsp3) is 0.588. The number of aromatic nitrogens is 1. The van der Waals surface area contributed by atoms with Crippen LogP contribution < -0.4 is 11.1 Å². The summed E-state index contributed by atoms with van der Waals surface area (Å²) in [6, 6.07) is 6.03. The van der Waals surface area contributed by atoms with Crippen molar-refractivity contribution in [1.29, 1.82) is 0 Å². The highest BCUT2D eigenvalue weighted by atomic mass is 16.5. The maximum atomic E-state index is 11.7. The highest BCUT2D eigenvalue weighted by Gasteiger charge is 2.12. The Labute approximate surface area is 138 Å². The zero-order valence-electron chi connectivity index (χ0n) is 14.3. The molecule has 0 atom stereocenters. The Morgan fingerprint density at radius 1 is 1.35 bits per heavy atom. The Hall–Kier alpha value is -2.11. The normalized spacial score (nSPS) is 12.0. The Kier molecular flexibility index (Phi) is 8.08. The summed E-state index contributed by atoms with van der Waals surface area (Å²) in [5.41, 5.74) is 6.35. The summed E-state index contributed by atoms with van der Waals surface area (Å²) in [7, 11) is 0. The summed E-state index contributed by atoms with van der Waals surface area (Å²) in [6.07, 6.45) is 4.62. The number of hydrogen-bond donors (Lipinski definition) is 2. The van der Waals surface area contributed by atoms with E-state index in [4.69, 9.17) is 10.5 Å². The van der Waals surface area contributed by atoms with E-state index >= 15 is 0 Å². The molecule has 23 heavy (non-hydrogen) atoms. The zero-order chi connectivity index (χ0) is 17.1. The van der Waals surface area contributed by atoms with E-state index in [2.05, 4.69) is 15.3 Å². The molecule has 1 heterocycles. The van der Waals surface area contributed by atoms with E-state index in [9.17, 15) is 4.79 Å². The van der Waals surface area contributed by atoms with Crippen LogP contribution in [0.2, 0.25) is 0 Å². The molecule has 6 heteroatoms. The van der Waals surface area contributed by atoms with Crippen LogP contribution >= 0.6 is 0 Å². The molecule has 3 N–H and O–H groups in total. The summed E-state index contributed by atoms with van der Waals surface area (Å²) in [6.45, 7) is 6.88. The van der Waals surface area contributed by atoms with Gasteiger partial charge in [0.15, 0.2) is 0 Å². The summed E-state index contributed by atoms with van der Waals surface area (Å²) >= 11 is 0.